The topological polar surface area (TPSA) is 36.9 Å². The van der Waals surface area contributed by atoms with Crippen LogP contribution in [0.4, 0.5) is 0 Å². The van der Waals surface area contributed by atoms with Crippen LogP contribution in [-0.4, -0.2) is 51.6 Å². The van der Waals surface area contributed by atoms with Gasteiger partial charge in [-0.15, -0.1) is 0 Å². The second-order valence-corrected chi connectivity index (χ2v) is 26.5. The Kier molecular flexibility index (Phi) is 13.9. The fourth-order valence-corrected chi connectivity index (χ4v) is 17.7. The molecular formula is C26H60O4Si3. The molecule has 200 valence electrons. The van der Waals surface area contributed by atoms with E-state index < -0.39 is 25.2 Å². The summed E-state index contributed by atoms with van der Waals surface area (Å²) < 4.78 is 25.4. The van der Waals surface area contributed by atoms with Crippen LogP contribution < -0.4 is 0 Å². The molecule has 0 aromatic heterocycles. The van der Waals surface area contributed by atoms with Crippen LogP contribution in [0.5, 0.6) is 0 Å². The molecule has 0 N–H and O–H groups in total. The molecular weight excluding hydrogens is 461 g/mol. The summed E-state index contributed by atoms with van der Waals surface area (Å²) in [6.45, 7) is 35.4. The lowest BCUT2D eigenvalue weighted by Gasteiger charge is -2.39. The molecule has 4 nitrogen and oxygen atoms in total. The average Bonchev–Trinajstić information content (AvgIpc) is 2.56. The molecule has 0 aliphatic rings. The molecule has 33 heavy (non-hydrogen) atoms. The van der Waals surface area contributed by atoms with Crippen LogP contribution in [0.3, 0.4) is 0 Å². The van der Waals surface area contributed by atoms with E-state index >= 15 is 0 Å². The van der Waals surface area contributed by atoms with Crippen molar-refractivity contribution in [1.82, 2.24) is 0 Å². The Labute approximate surface area is 211 Å². The minimum Gasteiger partial charge on any atom is -0.437 e. The lowest BCUT2D eigenvalue weighted by atomic mass is 9.83. The van der Waals surface area contributed by atoms with Gasteiger partial charge in [0.2, 0.25) is 0 Å². The van der Waals surface area contributed by atoms with Crippen LogP contribution in [0, 0.1) is 22.7 Å². The van der Waals surface area contributed by atoms with Gasteiger partial charge in [0.25, 0.3) is 0 Å². The summed E-state index contributed by atoms with van der Waals surface area (Å²) in [6.07, 6.45) is 2.15. The molecule has 0 aromatic rings. The second kappa shape index (κ2) is 13.7. The van der Waals surface area contributed by atoms with Crippen LogP contribution in [0.2, 0.25) is 51.4 Å². The molecule has 0 heterocycles. The van der Waals surface area contributed by atoms with Crippen LogP contribution in [0.1, 0.15) is 68.2 Å². The summed E-state index contributed by atoms with van der Waals surface area (Å²) >= 11 is 0. The molecule has 0 aliphatic carbocycles. The summed E-state index contributed by atoms with van der Waals surface area (Å²) in [5.74, 6) is 1.14. The Morgan fingerprint density at radius 1 is 0.576 bits per heavy atom. The smallest absolute Gasteiger partial charge is 0.311 e. The molecule has 0 amide bonds. The van der Waals surface area contributed by atoms with Crippen molar-refractivity contribution in [3.8, 4) is 0 Å². The van der Waals surface area contributed by atoms with E-state index in [4.69, 9.17) is 17.7 Å². The van der Waals surface area contributed by atoms with E-state index in [0.29, 0.717) is 22.7 Å². The molecule has 0 bridgehead atoms. The number of ether oxygens (including phenoxy) is 2. The van der Waals surface area contributed by atoms with Crippen molar-refractivity contribution in [3.63, 3.8) is 0 Å². The van der Waals surface area contributed by atoms with E-state index in [1.165, 1.54) is 0 Å². The number of rotatable bonds is 16. The summed E-state index contributed by atoms with van der Waals surface area (Å²) in [5, 5.41) is 0. The summed E-state index contributed by atoms with van der Waals surface area (Å²) in [4.78, 5) is 0. The van der Waals surface area contributed by atoms with Gasteiger partial charge in [-0.3, -0.25) is 0 Å². The Morgan fingerprint density at radius 2 is 0.879 bits per heavy atom. The quantitative estimate of drug-likeness (QED) is 0.151. The van der Waals surface area contributed by atoms with Crippen molar-refractivity contribution in [2.45, 2.75) is 120 Å². The van der Waals surface area contributed by atoms with Gasteiger partial charge in [-0.25, -0.2) is 0 Å². The van der Waals surface area contributed by atoms with Crippen molar-refractivity contribution in [2.24, 2.45) is 22.7 Å². The molecule has 0 fully saturated rings. The van der Waals surface area contributed by atoms with Crippen molar-refractivity contribution < 1.29 is 17.7 Å². The molecule has 0 aromatic carbocycles. The molecule has 0 rings (SSSR count). The molecule has 2 unspecified atom stereocenters. The zero-order valence-corrected chi connectivity index (χ0v) is 27.9. The maximum absolute atomic E-state index is 6.74. The van der Waals surface area contributed by atoms with Crippen molar-refractivity contribution >= 4 is 25.2 Å². The third kappa shape index (κ3) is 16.7. The highest BCUT2D eigenvalue weighted by Crippen LogP contribution is 2.28. The lowest BCUT2D eigenvalue weighted by molar-refractivity contribution is 0.0640. The molecule has 2 atom stereocenters. The van der Waals surface area contributed by atoms with E-state index in [1.54, 1.807) is 0 Å². The first-order valence-electron chi connectivity index (χ1n) is 13.2. The fraction of sp³-hybridized carbons (Fsp3) is 1.00. The predicted molar refractivity (Wildman–Crippen MR) is 152 cm³/mol. The molecule has 0 radical (unpaired) electrons. The van der Waals surface area contributed by atoms with Gasteiger partial charge < -0.3 is 17.7 Å². The molecule has 0 spiro atoms. The van der Waals surface area contributed by atoms with Gasteiger partial charge in [0, 0.05) is 26.4 Å². The summed E-state index contributed by atoms with van der Waals surface area (Å²) in [7, 11) is -5.70. The third-order valence-electron chi connectivity index (χ3n) is 6.87. The minimum atomic E-state index is -2.15. The second-order valence-electron chi connectivity index (χ2n) is 14.0. The first kappa shape index (κ1) is 33.5. The third-order valence-corrected chi connectivity index (χ3v) is 18.3. The Bertz CT molecular complexity index is 491. The van der Waals surface area contributed by atoms with Gasteiger partial charge in [-0.05, 0) is 86.9 Å². The highest BCUT2D eigenvalue weighted by Gasteiger charge is 2.39. The molecule has 0 saturated carbocycles. The monoisotopic (exact) mass is 520 g/mol. The highest BCUT2D eigenvalue weighted by atomic mass is 28.5. The Morgan fingerprint density at radius 3 is 1.15 bits per heavy atom. The van der Waals surface area contributed by atoms with Crippen LogP contribution >= 0.6 is 0 Å². The van der Waals surface area contributed by atoms with E-state index in [9.17, 15) is 0 Å². The van der Waals surface area contributed by atoms with E-state index in [2.05, 4.69) is 94.7 Å². The van der Waals surface area contributed by atoms with Crippen LogP contribution in [0.25, 0.3) is 0 Å². The van der Waals surface area contributed by atoms with Crippen molar-refractivity contribution in [3.05, 3.63) is 0 Å². The first-order chi connectivity index (χ1) is 14.7. The SMILES string of the molecule is CC(COCCC[Si](C)(C)O[Si](C)(C)O[Si](C)(C)CCCOCC(C)C(C)(C)C)C(C)(C)C. The normalized spacial score (nSPS) is 16.2. The van der Waals surface area contributed by atoms with Gasteiger partial charge in [0.1, 0.15) is 0 Å². The summed E-state index contributed by atoms with van der Waals surface area (Å²) in [5.41, 5.74) is 0.607. The Balaban J connectivity index is 4.33. The fourth-order valence-electron chi connectivity index (χ4n) is 3.67. The molecule has 0 saturated heterocycles. The highest BCUT2D eigenvalue weighted by molar-refractivity contribution is 6.87. The van der Waals surface area contributed by atoms with E-state index in [-0.39, 0.29) is 0 Å². The van der Waals surface area contributed by atoms with Gasteiger partial charge in [0.05, 0.1) is 0 Å². The van der Waals surface area contributed by atoms with Gasteiger partial charge >= 0.3 is 8.56 Å². The summed E-state index contributed by atoms with van der Waals surface area (Å²) in [6, 6.07) is 2.25. The number of hydrogen-bond donors (Lipinski definition) is 0. The van der Waals surface area contributed by atoms with E-state index in [0.717, 1.165) is 51.4 Å². The van der Waals surface area contributed by atoms with Gasteiger partial charge in [-0.1, -0.05) is 55.4 Å². The maximum atomic E-state index is 6.74. The Hall–Kier alpha value is 0.491. The van der Waals surface area contributed by atoms with Gasteiger partial charge in [0.15, 0.2) is 16.6 Å². The largest absolute Gasteiger partial charge is 0.437 e. The first-order valence-corrected chi connectivity index (χ1v) is 22.3. The minimum absolute atomic E-state index is 0.303. The zero-order valence-electron chi connectivity index (χ0n) is 24.9. The molecule has 7 heteroatoms. The standard InChI is InChI=1S/C26H60O4Si3/c1-23(25(3,4)5)21-27-17-15-19-31(9,10)29-33(13,14)30-32(11,12)20-16-18-28-22-24(2)26(6,7)8/h23-24H,15-22H2,1-14H3. The van der Waals surface area contributed by atoms with Gasteiger partial charge in [-0.2, -0.15) is 0 Å². The number of hydrogen-bond acceptors (Lipinski definition) is 4. The maximum Gasteiger partial charge on any atom is 0.311 e. The molecule has 0 aliphatic heterocycles. The van der Waals surface area contributed by atoms with Crippen LogP contribution in [-0.2, 0) is 17.7 Å². The zero-order chi connectivity index (χ0) is 26.1. The average molecular weight is 521 g/mol. The van der Waals surface area contributed by atoms with Crippen molar-refractivity contribution in [1.29, 1.82) is 0 Å². The van der Waals surface area contributed by atoms with Crippen LogP contribution in [0.15, 0.2) is 0 Å². The van der Waals surface area contributed by atoms with E-state index in [1.807, 2.05) is 0 Å². The van der Waals surface area contributed by atoms with Crippen molar-refractivity contribution in [2.75, 3.05) is 26.4 Å². The predicted octanol–water partition coefficient (Wildman–Crippen LogP) is 8.31. The lowest BCUT2D eigenvalue weighted by Crippen LogP contribution is -2.52.